The Morgan fingerprint density at radius 2 is 1.03 bits per heavy atom. The quantitative estimate of drug-likeness (QED) is 0.195. The summed E-state index contributed by atoms with van der Waals surface area (Å²) in [5.74, 6) is 0.228. The van der Waals surface area contributed by atoms with Gasteiger partial charge in [-0.1, -0.05) is 97.0 Å². The van der Waals surface area contributed by atoms with Gasteiger partial charge >= 0.3 is 10.4 Å². The molecule has 0 aliphatic carbocycles. The second-order valence-corrected chi connectivity index (χ2v) is 9.26. The SMILES string of the molecule is CCCCCCCCCc1cc(CCCCCCCCC)cc(OS(=O)(=O)O)c1. The molecule has 0 heterocycles. The zero-order chi connectivity index (χ0) is 21.4. The summed E-state index contributed by atoms with van der Waals surface area (Å²) in [5, 5.41) is 0. The van der Waals surface area contributed by atoms with Gasteiger partial charge in [-0.25, -0.2) is 0 Å². The Kier molecular flexibility index (Phi) is 14.1. The molecule has 0 radical (unpaired) electrons. The maximum Gasteiger partial charge on any atom is 0.446 e. The van der Waals surface area contributed by atoms with Crippen LogP contribution >= 0.6 is 0 Å². The van der Waals surface area contributed by atoms with Crippen molar-refractivity contribution < 1.29 is 17.2 Å². The molecule has 0 unspecified atom stereocenters. The van der Waals surface area contributed by atoms with Crippen LogP contribution in [0, 0.1) is 0 Å². The van der Waals surface area contributed by atoms with Gasteiger partial charge in [0, 0.05) is 0 Å². The van der Waals surface area contributed by atoms with Gasteiger partial charge in [-0.2, -0.15) is 8.42 Å². The molecule has 0 spiro atoms. The van der Waals surface area contributed by atoms with E-state index >= 15 is 0 Å². The first kappa shape index (κ1) is 26.0. The van der Waals surface area contributed by atoms with Crippen LogP contribution in [0.1, 0.15) is 115 Å². The molecule has 0 fully saturated rings. The lowest BCUT2D eigenvalue weighted by Crippen LogP contribution is -2.07. The first-order valence-corrected chi connectivity index (χ1v) is 13.1. The highest BCUT2D eigenvalue weighted by molar-refractivity contribution is 7.81. The summed E-state index contributed by atoms with van der Waals surface area (Å²) in [5.41, 5.74) is 2.19. The van der Waals surface area contributed by atoms with Crippen molar-refractivity contribution in [2.45, 2.75) is 117 Å². The zero-order valence-electron chi connectivity index (χ0n) is 18.6. The van der Waals surface area contributed by atoms with Crippen LogP contribution < -0.4 is 4.18 Å². The van der Waals surface area contributed by atoms with Gasteiger partial charge in [0.05, 0.1) is 0 Å². The topological polar surface area (TPSA) is 63.6 Å². The fraction of sp³-hybridized carbons (Fsp3) is 0.750. The van der Waals surface area contributed by atoms with Crippen LogP contribution in [0.5, 0.6) is 5.75 Å². The lowest BCUT2D eigenvalue weighted by Gasteiger charge is -2.10. The molecule has 0 atom stereocenters. The van der Waals surface area contributed by atoms with Crippen LogP contribution in [0.15, 0.2) is 18.2 Å². The molecule has 0 aromatic heterocycles. The van der Waals surface area contributed by atoms with E-state index in [9.17, 15) is 8.42 Å². The Morgan fingerprint density at radius 1 is 0.655 bits per heavy atom. The molecule has 0 saturated carbocycles. The van der Waals surface area contributed by atoms with Crippen LogP contribution in [0.25, 0.3) is 0 Å². The van der Waals surface area contributed by atoms with Crippen molar-refractivity contribution >= 4 is 10.4 Å². The summed E-state index contributed by atoms with van der Waals surface area (Å²) >= 11 is 0. The van der Waals surface area contributed by atoms with Crippen molar-refractivity contribution in [3.63, 3.8) is 0 Å². The van der Waals surface area contributed by atoms with E-state index < -0.39 is 10.4 Å². The molecule has 1 aromatic carbocycles. The van der Waals surface area contributed by atoms with E-state index in [0.717, 1.165) is 36.8 Å². The summed E-state index contributed by atoms with van der Waals surface area (Å²) in [4.78, 5) is 0. The van der Waals surface area contributed by atoms with E-state index in [2.05, 4.69) is 19.9 Å². The van der Waals surface area contributed by atoms with Gasteiger partial charge in [0.15, 0.2) is 0 Å². The smallest absolute Gasteiger partial charge is 0.362 e. The summed E-state index contributed by atoms with van der Waals surface area (Å²) in [6, 6.07) is 5.67. The normalized spacial score (nSPS) is 11.7. The molecule has 5 heteroatoms. The van der Waals surface area contributed by atoms with E-state index in [1.165, 1.54) is 77.0 Å². The van der Waals surface area contributed by atoms with Crippen molar-refractivity contribution in [3.8, 4) is 5.75 Å². The van der Waals surface area contributed by atoms with Crippen LogP contribution in [-0.4, -0.2) is 13.0 Å². The van der Waals surface area contributed by atoms with Crippen LogP contribution in [0.2, 0.25) is 0 Å². The Hall–Kier alpha value is -1.07. The van der Waals surface area contributed by atoms with Crippen molar-refractivity contribution in [3.05, 3.63) is 29.3 Å². The monoisotopic (exact) mass is 426 g/mol. The number of rotatable bonds is 18. The highest BCUT2D eigenvalue weighted by Gasteiger charge is 2.10. The molecule has 1 aromatic rings. The molecule has 0 amide bonds. The van der Waals surface area contributed by atoms with Crippen LogP contribution in [0.3, 0.4) is 0 Å². The highest BCUT2D eigenvalue weighted by Crippen LogP contribution is 2.22. The molecule has 4 nitrogen and oxygen atoms in total. The van der Waals surface area contributed by atoms with Gasteiger partial charge in [0.1, 0.15) is 5.75 Å². The van der Waals surface area contributed by atoms with Crippen molar-refractivity contribution in [2.24, 2.45) is 0 Å². The molecule has 1 rings (SSSR count). The van der Waals surface area contributed by atoms with Gasteiger partial charge in [-0.15, -0.1) is 0 Å². The van der Waals surface area contributed by atoms with E-state index in [4.69, 9.17) is 8.74 Å². The Morgan fingerprint density at radius 3 is 1.41 bits per heavy atom. The summed E-state index contributed by atoms with van der Waals surface area (Å²) in [7, 11) is -4.49. The third-order valence-corrected chi connectivity index (χ3v) is 5.77. The Labute approximate surface area is 179 Å². The lowest BCUT2D eigenvalue weighted by atomic mass is 9.99. The maximum atomic E-state index is 11.1. The molecule has 0 saturated heterocycles. The summed E-state index contributed by atoms with van der Waals surface area (Å²) < 4.78 is 36.0. The van der Waals surface area contributed by atoms with Gasteiger partial charge in [-0.05, 0) is 48.9 Å². The standard InChI is InChI=1S/C24H42O4S/c1-3-5-7-9-11-13-15-17-22-19-23(18-16-14-12-10-8-6-4-2)21-24(20-22)28-29(25,26)27/h19-21H,3-18H2,1-2H3,(H,25,26,27). The second kappa shape index (κ2) is 15.7. The largest absolute Gasteiger partial charge is 0.446 e. The number of hydrogen-bond donors (Lipinski definition) is 1. The molecule has 0 aliphatic rings. The summed E-state index contributed by atoms with van der Waals surface area (Å²) in [6.45, 7) is 4.46. The number of unbranched alkanes of at least 4 members (excludes halogenated alkanes) is 12. The first-order valence-electron chi connectivity index (χ1n) is 11.7. The molecular weight excluding hydrogens is 384 g/mol. The van der Waals surface area contributed by atoms with E-state index in [0.29, 0.717) is 0 Å². The first-order chi connectivity index (χ1) is 13.9. The van der Waals surface area contributed by atoms with Crippen molar-refractivity contribution in [2.75, 3.05) is 0 Å². The molecule has 0 bridgehead atoms. The van der Waals surface area contributed by atoms with Crippen molar-refractivity contribution in [1.29, 1.82) is 0 Å². The minimum absolute atomic E-state index is 0.228. The van der Waals surface area contributed by atoms with Crippen molar-refractivity contribution in [1.82, 2.24) is 0 Å². The van der Waals surface area contributed by atoms with Gasteiger partial charge in [0.25, 0.3) is 0 Å². The fourth-order valence-electron chi connectivity index (χ4n) is 3.76. The lowest BCUT2D eigenvalue weighted by molar-refractivity contribution is 0.386. The Balaban J connectivity index is 2.51. The molecule has 168 valence electrons. The highest BCUT2D eigenvalue weighted by atomic mass is 32.3. The van der Waals surface area contributed by atoms with E-state index in [-0.39, 0.29) is 5.75 Å². The third kappa shape index (κ3) is 14.5. The van der Waals surface area contributed by atoms with E-state index in [1.807, 2.05) is 0 Å². The minimum Gasteiger partial charge on any atom is -0.362 e. The molecule has 29 heavy (non-hydrogen) atoms. The molecular formula is C24H42O4S. The molecule has 0 aliphatic heterocycles. The second-order valence-electron chi connectivity index (χ2n) is 8.24. The van der Waals surface area contributed by atoms with Gasteiger partial charge < -0.3 is 4.18 Å². The average molecular weight is 427 g/mol. The number of benzene rings is 1. The average Bonchev–Trinajstić information content (AvgIpc) is 2.65. The van der Waals surface area contributed by atoms with Crippen LogP contribution in [0.4, 0.5) is 0 Å². The molecule has 1 N–H and O–H groups in total. The van der Waals surface area contributed by atoms with Gasteiger partial charge in [0.2, 0.25) is 0 Å². The predicted molar refractivity (Wildman–Crippen MR) is 122 cm³/mol. The summed E-state index contributed by atoms with van der Waals surface area (Å²) in [6.07, 6.45) is 19.3. The third-order valence-electron chi connectivity index (χ3n) is 5.37. The number of aryl methyl sites for hydroxylation is 2. The van der Waals surface area contributed by atoms with Crippen LogP contribution in [-0.2, 0) is 23.2 Å². The fourth-order valence-corrected chi connectivity index (χ4v) is 4.10. The van der Waals surface area contributed by atoms with Gasteiger partial charge in [-0.3, -0.25) is 4.55 Å². The number of hydrogen-bond acceptors (Lipinski definition) is 3. The minimum atomic E-state index is -4.49. The maximum absolute atomic E-state index is 11.1. The predicted octanol–water partition coefficient (Wildman–Crippen LogP) is 7.45. The zero-order valence-corrected chi connectivity index (χ0v) is 19.4. The van der Waals surface area contributed by atoms with E-state index in [1.54, 1.807) is 12.1 Å². The Bertz CT molecular complexity index is 604.